The summed E-state index contributed by atoms with van der Waals surface area (Å²) in [5.41, 5.74) is 6.26. The number of hydrogen-bond acceptors (Lipinski definition) is 3. The Balaban J connectivity index is 1.54. The molecule has 144 valence electrons. The van der Waals surface area contributed by atoms with Gasteiger partial charge in [0.25, 0.3) is 0 Å². The molecule has 2 heterocycles. The van der Waals surface area contributed by atoms with Crippen LogP contribution in [0.5, 0.6) is 0 Å². The standard InChI is InChI=1S/C20H24FN3O3/c21-16-5-3-14(4-6-16)17(18-2-1-13-27-18)7-10-23-20(26)24-11-8-15(9-12-24)19(22)25/h1-6,13,15,17H,7-12H2,(H2,22,25)(H,23,26)/t17-/m1/s1. The summed E-state index contributed by atoms with van der Waals surface area (Å²) in [6.45, 7) is 1.51. The number of carbonyl (C=O) groups is 2. The molecule has 0 bridgehead atoms. The second kappa shape index (κ2) is 8.70. The molecular formula is C20H24FN3O3. The van der Waals surface area contributed by atoms with Crippen LogP contribution in [0, 0.1) is 11.7 Å². The van der Waals surface area contributed by atoms with Gasteiger partial charge < -0.3 is 20.4 Å². The number of furan rings is 1. The Morgan fingerprint density at radius 2 is 1.93 bits per heavy atom. The van der Waals surface area contributed by atoms with Crippen molar-refractivity contribution in [2.75, 3.05) is 19.6 Å². The molecule has 1 aromatic carbocycles. The number of nitrogens with one attached hydrogen (secondary N) is 1. The monoisotopic (exact) mass is 373 g/mol. The van der Waals surface area contributed by atoms with Gasteiger partial charge in [0.05, 0.1) is 6.26 Å². The number of carbonyl (C=O) groups excluding carboxylic acids is 2. The smallest absolute Gasteiger partial charge is 0.317 e. The average molecular weight is 373 g/mol. The van der Waals surface area contributed by atoms with Crippen LogP contribution in [0.15, 0.2) is 47.1 Å². The summed E-state index contributed by atoms with van der Waals surface area (Å²) in [6, 6.07) is 9.87. The Hall–Kier alpha value is -2.83. The first kappa shape index (κ1) is 18.9. The number of piperidine rings is 1. The van der Waals surface area contributed by atoms with Gasteiger partial charge in [-0.25, -0.2) is 9.18 Å². The SMILES string of the molecule is NC(=O)C1CCN(C(=O)NCC[C@H](c2ccc(F)cc2)c2ccco2)CC1. The largest absolute Gasteiger partial charge is 0.469 e. The molecule has 1 saturated heterocycles. The van der Waals surface area contributed by atoms with Crippen molar-refractivity contribution in [2.45, 2.75) is 25.2 Å². The van der Waals surface area contributed by atoms with Crippen molar-refractivity contribution < 1.29 is 18.4 Å². The number of halogens is 1. The fourth-order valence-electron chi connectivity index (χ4n) is 3.46. The van der Waals surface area contributed by atoms with Crippen LogP contribution in [-0.2, 0) is 4.79 Å². The van der Waals surface area contributed by atoms with E-state index in [2.05, 4.69) is 5.32 Å². The van der Waals surface area contributed by atoms with Crippen molar-refractivity contribution >= 4 is 11.9 Å². The van der Waals surface area contributed by atoms with Gasteiger partial charge in [0.15, 0.2) is 0 Å². The lowest BCUT2D eigenvalue weighted by Crippen LogP contribution is -2.46. The first-order valence-corrected chi connectivity index (χ1v) is 9.15. The van der Waals surface area contributed by atoms with Crippen molar-refractivity contribution in [1.29, 1.82) is 0 Å². The molecule has 3 rings (SSSR count). The third-order valence-electron chi connectivity index (χ3n) is 5.05. The van der Waals surface area contributed by atoms with Crippen molar-refractivity contribution in [2.24, 2.45) is 11.7 Å². The van der Waals surface area contributed by atoms with Crippen LogP contribution < -0.4 is 11.1 Å². The highest BCUT2D eigenvalue weighted by Crippen LogP contribution is 2.28. The molecule has 0 spiro atoms. The van der Waals surface area contributed by atoms with E-state index in [1.165, 1.54) is 12.1 Å². The highest BCUT2D eigenvalue weighted by molar-refractivity contribution is 5.78. The number of likely N-dealkylation sites (tertiary alicyclic amines) is 1. The number of primary amides is 1. The van der Waals surface area contributed by atoms with Gasteiger partial charge in [0.2, 0.25) is 5.91 Å². The minimum absolute atomic E-state index is 0.0681. The van der Waals surface area contributed by atoms with E-state index in [1.807, 2.05) is 12.1 Å². The highest BCUT2D eigenvalue weighted by atomic mass is 19.1. The zero-order valence-electron chi connectivity index (χ0n) is 15.1. The predicted molar refractivity (Wildman–Crippen MR) is 98.5 cm³/mol. The highest BCUT2D eigenvalue weighted by Gasteiger charge is 2.26. The van der Waals surface area contributed by atoms with Crippen LogP contribution in [0.4, 0.5) is 9.18 Å². The molecule has 2 aromatic rings. The Morgan fingerprint density at radius 3 is 2.52 bits per heavy atom. The van der Waals surface area contributed by atoms with Crippen LogP contribution in [0.2, 0.25) is 0 Å². The van der Waals surface area contributed by atoms with Crippen LogP contribution in [0.1, 0.15) is 36.5 Å². The van der Waals surface area contributed by atoms with Gasteiger partial charge in [0, 0.05) is 31.5 Å². The molecular weight excluding hydrogens is 349 g/mol. The van der Waals surface area contributed by atoms with E-state index in [1.54, 1.807) is 23.3 Å². The minimum atomic E-state index is -0.296. The molecule has 1 fully saturated rings. The van der Waals surface area contributed by atoms with Crippen LogP contribution in [0.25, 0.3) is 0 Å². The van der Waals surface area contributed by atoms with Crippen molar-refractivity contribution in [3.05, 3.63) is 59.8 Å². The Bertz CT molecular complexity index is 753. The number of rotatable bonds is 6. The summed E-state index contributed by atoms with van der Waals surface area (Å²) in [4.78, 5) is 25.3. The molecule has 1 atom stereocenters. The van der Waals surface area contributed by atoms with Gasteiger partial charge >= 0.3 is 6.03 Å². The molecule has 3 N–H and O–H groups in total. The number of hydrogen-bond donors (Lipinski definition) is 2. The Labute approximate surface area is 157 Å². The summed E-state index contributed by atoms with van der Waals surface area (Å²) < 4.78 is 18.7. The second-order valence-corrected chi connectivity index (χ2v) is 6.80. The first-order valence-electron chi connectivity index (χ1n) is 9.15. The zero-order valence-corrected chi connectivity index (χ0v) is 15.1. The Kier molecular flexibility index (Phi) is 6.11. The van der Waals surface area contributed by atoms with Gasteiger partial charge in [-0.15, -0.1) is 0 Å². The van der Waals surface area contributed by atoms with Gasteiger partial charge in [-0.2, -0.15) is 0 Å². The van der Waals surface area contributed by atoms with E-state index < -0.39 is 0 Å². The van der Waals surface area contributed by atoms with Gasteiger partial charge in [-0.3, -0.25) is 4.79 Å². The maximum Gasteiger partial charge on any atom is 0.317 e. The lowest BCUT2D eigenvalue weighted by molar-refractivity contribution is -0.123. The van der Waals surface area contributed by atoms with Crippen LogP contribution in [-0.4, -0.2) is 36.5 Å². The molecule has 7 heteroatoms. The van der Waals surface area contributed by atoms with Gasteiger partial charge in [-0.1, -0.05) is 12.1 Å². The summed E-state index contributed by atoms with van der Waals surface area (Å²) in [5.74, 6) is -0.0178. The van der Waals surface area contributed by atoms with Crippen LogP contribution in [0.3, 0.4) is 0 Å². The van der Waals surface area contributed by atoms with E-state index in [0.717, 1.165) is 11.3 Å². The quantitative estimate of drug-likeness (QED) is 0.816. The fraction of sp³-hybridized carbons (Fsp3) is 0.400. The molecule has 1 aliphatic heterocycles. The molecule has 0 unspecified atom stereocenters. The lowest BCUT2D eigenvalue weighted by atomic mass is 9.93. The normalized spacial score (nSPS) is 16.1. The maximum absolute atomic E-state index is 13.2. The molecule has 1 aromatic heterocycles. The average Bonchev–Trinajstić information content (AvgIpc) is 3.20. The summed E-state index contributed by atoms with van der Waals surface area (Å²) >= 11 is 0. The first-order chi connectivity index (χ1) is 13.0. The summed E-state index contributed by atoms with van der Waals surface area (Å²) in [7, 11) is 0. The van der Waals surface area contributed by atoms with Crippen molar-refractivity contribution in [3.63, 3.8) is 0 Å². The predicted octanol–water partition coefficient (Wildman–Crippen LogP) is 2.85. The van der Waals surface area contributed by atoms with Crippen molar-refractivity contribution in [1.82, 2.24) is 10.2 Å². The molecule has 0 radical (unpaired) electrons. The third kappa shape index (κ3) is 4.87. The fourth-order valence-corrected chi connectivity index (χ4v) is 3.46. The Morgan fingerprint density at radius 1 is 1.22 bits per heavy atom. The third-order valence-corrected chi connectivity index (χ3v) is 5.05. The van der Waals surface area contributed by atoms with Crippen LogP contribution >= 0.6 is 0 Å². The number of benzene rings is 1. The van der Waals surface area contributed by atoms with E-state index in [-0.39, 0.29) is 29.6 Å². The van der Waals surface area contributed by atoms with E-state index >= 15 is 0 Å². The number of nitrogens with zero attached hydrogens (tertiary/aromatic N) is 1. The van der Waals surface area contributed by atoms with E-state index in [9.17, 15) is 14.0 Å². The summed E-state index contributed by atoms with van der Waals surface area (Å²) in [6.07, 6.45) is 3.44. The van der Waals surface area contributed by atoms with Gasteiger partial charge in [-0.05, 0) is 49.1 Å². The van der Waals surface area contributed by atoms with E-state index in [0.29, 0.717) is 38.9 Å². The zero-order chi connectivity index (χ0) is 19.2. The second-order valence-electron chi connectivity index (χ2n) is 6.80. The van der Waals surface area contributed by atoms with E-state index in [4.69, 9.17) is 10.2 Å². The topological polar surface area (TPSA) is 88.6 Å². The number of nitrogens with two attached hydrogens (primary N) is 1. The molecule has 27 heavy (non-hydrogen) atoms. The number of urea groups is 1. The summed E-state index contributed by atoms with van der Waals surface area (Å²) in [5, 5.41) is 2.93. The molecule has 0 saturated carbocycles. The molecule has 0 aliphatic carbocycles. The maximum atomic E-state index is 13.2. The molecule has 6 nitrogen and oxygen atoms in total. The lowest BCUT2D eigenvalue weighted by Gasteiger charge is -2.30. The van der Waals surface area contributed by atoms with Crippen molar-refractivity contribution in [3.8, 4) is 0 Å². The minimum Gasteiger partial charge on any atom is -0.469 e. The number of amides is 3. The van der Waals surface area contributed by atoms with Gasteiger partial charge in [0.1, 0.15) is 11.6 Å². The molecule has 3 amide bonds. The molecule has 1 aliphatic rings.